The number of hydrogen-bond acceptors (Lipinski definition) is 4. The summed E-state index contributed by atoms with van der Waals surface area (Å²) in [5.74, 6) is 0.698. The number of rotatable bonds is 6. The highest BCUT2D eigenvalue weighted by Crippen LogP contribution is 2.26. The molecule has 1 aromatic heterocycles. The van der Waals surface area contributed by atoms with E-state index >= 15 is 0 Å². The van der Waals surface area contributed by atoms with Crippen molar-refractivity contribution in [2.45, 2.75) is 64.5 Å². The topological polar surface area (TPSA) is 54.0 Å². The molecule has 0 unspecified atom stereocenters. The Morgan fingerprint density at radius 1 is 1.48 bits per heavy atom. The molecule has 2 rings (SSSR count). The molecule has 1 amide bonds. The number of aromatic nitrogens is 1. The number of thiazole rings is 1. The zero-order valence-electron chi connectivity index (χ0n) is 13.3. The summed E-state index contributed by atoms with van der Waals surface area (Å²) in [5.41, 5.74) is -0.219. The second kappa shape index (κ2) is 7.36. The van der Waals surface area contributed by atoms with Crippen molar-refractivity contribution in [1.82, 2.24) is 15.6 Å². The highest BCUT2D eigenvalue weighted by molar-refractivity contribution is 7.09. The molecule has 1 aromatic rings. The van der Waals surface area contributed by atoms with Gasteiger partial charge in [-0.25, -0.2) is 4.98 Å². The SMILES string of the molecule is CC[C@](C)(NCC(=O)N[C@@H]1CCCC[C@@H]1C)c1nccs1. The number of nitrogens with one attached hydrogen (secondary N) is 2. The predicted molar refractivity (Wildman–Crippen MR) is 87.3 cm³/mol. The molecule has 21 heavy (non-hydrogen) atoms. The smallest absolute Gasteiger partial charge is 0.234 e. The molecule has 5 heteroatoms. The zero-order chi connectivity index (χ0) is 15.3. The van der Waals surface area contributed by atoms with Crippen LogP contribution in [0.1, 0.15) is 57.9 Å². The first-order valence-electron chi connectivity index (χ1n) is 7.99. The Kier molecular flexibility index (Phi) is 5.76. The quantitative estimate of drug-likeness (QED) is 0.849. The third-order valence-corrected chi connectivity index (χ3v) is 5.75. The Morgan fingerprint density at radius 2 is 2.24 bits per heavy atom. The minimum absolute atomic E-state index is 0.102. The van der Waals surface area contributed by atoms with Gasteiger partial charge in [0.25, 0.3) is 0 Å². The molecule has 0 spiro atoms. The fraction of sp³-hybridized carbons (Fsp3) is 0.750. The van der Waals surface area contributed by atoms with Crippen LogP contribution >= 0.6 is 11.3 Å². The van der Waals surface area contributed by atoms with Crippen LogP contribution in [0.15, 0.2) is 11.6 Å². The van der Waals surface area contributed by atoms with Crippen LogP contribution in [0, 0.1) is 5.92 Å². The number of carbonyl (C=O) groups is 1. The number of amides is 1. The maximum atomic E-state index is 12.2. The van der Waals surface area contributed by atoms with Crippen molar-refractivity contribution in [3.63, 3.8) is 0 Å². The molecule has 2 N–H and O–H groups in total. The van der Waals surface area contributed by atoms with Gasteiger partial charge < -0.3 is 5.32 Å². The Bertz CT molecular complexity index is 448. The van der Waals surface area contributed by atoms with Gasteiger partial charge >= 0.3 is 0 Å². The van der Waals surface area contributed by atoms with Crippen LogP contribution in [0.25, 0.3) is 0 Å². The molecule has 0 aromatic carbocycles. The summed E-state index contributed by atoms with van der Waals surface area (Å²) < 4.78 is 0. The maximum Gasteiger partial charge on any atom is 0.234 e. The van der Waals surface area contributed by atoms with Gasteiger partial charge in [-0.1, -0.05) is 26.7 Å². The first kappa shape index (κ1) is 16.4. The Hall–Kier alpha value is -0.940. The fourth-order valence-electron chi connectivity index (χ4n) is 2.91. The van der Waals surface area contributed by atoms with Gasteiger partial charge in [0.15, 0.2) is 0 Å². The Balaban J connectivity index is 1.85. The molecular weight excluding hydrogens is 282 g/mol. The van der Waals surface area contributed by atoms with Gasteiger partial charge in [-0.3, -0.25) is 10.1 Å². The van der Waals surface area contributed by atoms with Crippen LogP contribution in [0.2, 0.25) is 0 Å². The molecule has 0 saturated heterocycles. The standard InChI is InChI=1S/C16H27N3OS/c1-4-16(3,15-17-9-10-21-15)18-11-14(20)19-13-8-6-5-7-12(13)2/h9-10,12-13,18H,4-8,11H2,1-3H3,(H,19,20)/t12-,13+,16-/m0/s1. The molecule has 1 aliphatic rings. The minimum atomic E-state index is -0.219. The van der Waals surface area contributed by atoms with Crippen molar-refractivity contribution in [1.29, 1.82) is 0 Å². The van der Waals surface area contributed by atoms with Crippen LogP contribution in [-0.2, 0) is 10.3 Å². The third-order valence-electron chi connectivity index (χ3n) is 4.71. The first-order chi connectivity index (χ1) is 10.0. The van der Waals surface area contributed by atoms with Crippen LogP contribution in [0.5, 0.6) is 0 Å². The van der Waals surface area contributed by atoms with Crippen molar-refractivity contribution in [3.05, 3.63) is 16.6 Å². The van der Waals surface area contributed by atoms with E-state index in [4.69, 9.17) is 0 Å². The van der Waals surface area contributed by atoms with Crippen molar-refractivity contribution in [3.8, 4) is 0 Å². The Labute approximate surface area is 131 Å². The summed E-state index contributed by atoms with van der Waals surface area (Å²) in [6.07, 6.45) is 7.60. The largest absolute Gasteiger partial charge is 0.352 e. The fourth-order valence-corrected chi connectivity index (χ4v) is 3.76. The van der Waals surface area contributed by atoms with E-state index in [1.165, 1.54) is 19.3 Å². The zero-order valence-corrected chi connectivity index (χ0v) is 14.1. The van der Waals surface area contributed by atoms with Crippen molar-refractivity contribution in [2.24, 2.45) is 5.92 Å². The molecule has 4 nitrogen and oxygen atoms in total. The van der Waals surface area contributed by atoms with Gasteiger partial charge in [-0.15, -0.1) is 11.3 Å². The van der Waals surface area contributed by atoms with E-state index in [1.54, 1.807) is 11.3 Å². The van der Waals surface area contributed by atoms with E-state index in [2.05, 4.69) is 36.4 Å². The lowest BCUT2D eigenvalue weighted by molar-refractivity contribution is -0.121. The van der Waals surface area contributed by atoms with Gasteiger partial charge in [0.2, 0.25) is 5.91 Å². The number of nitrogens with zero attached hydrogens (tertiary/aromatic N) is 1. The molecule has 3 atom stereocenters. The van der Waals surface area contributed by atoms with E-state index < -0.39 is 0 Å². The minimum Gasteiger partial charge on any atom is -0.352 e. The highest BCUT2D eigenvalue weighted by atomic mass is 32.1. The van der Waals surface area contributed by atoms with Crippen molar-refractivity contribution < 1.29 is 4.79 Å². The van der Waals surface area contributed by atoms with Crippen LogP contribution in [0.4, 0.5) is 0 Å². The third kappa shape index (κ3) is 4.27. The molecule has 118 valence electrons. The predicted octanol–water partition coefficient (Wildman–Crippen LogP) is 3.05. The molecule has 0 aliphatic heterocycles. The molecular formula is C16H27N3OS. The van der Waals surface area contributed by atoms with Crippen molar-refractivity contribution >= 4 is 17.2 Å². The molecule has 0 bridgehead atoms. The second-order valence-electron chi connectivity index (χ2n) is 6.31. The van der Waals surface area contributed by atoms with E-state index in [0.29, 0.717) is 18.5 Å². The van der Waals surface area contributed by atoms with Crippen LogP contribution in [-0.4, -0.2) is 23.5 Å². The van der Waals surface area contributed by atoms with E-state index in [-0.39, 0.29) is 11.4 Å². The maximum absolute atomic E-state index is 12.2. The van der Waals surface area contributed by atoms with Gasteiger partial charge in [0.05, 0.1) is 12.1 Å². The van der Waals surface area contributed by atoms with Crippen molar-refractivity contribution in [2.75, 3.05) is 6.54 Å². The summed E-state index contributed by atoms with van der Waals surface area (Å²) in [5, 5.41) is 9.61. The number of carbonyl (C=O) groups excluding carboxylic acids is 1. The van der Waals surface area contributed by atoms with E-state index in [0.717, 1.165) is 17.8 Å². The first-order valence-corrected chi connectivity index (χ1v) is 8.87. The molecule has 1 fully saturated rings. The lowest BCUT2D eigenvalue weighted by Gasteiger charge is -2.31. The lowest BCUT2D eigenvalue weighted by atomic mass is 9.86. The molecule has 0 radical (unpaired) electrons. The average molecular weight is 309 g/mol. The van der Waals surface area contributed by atoms with E-state index in [9.17, 15) is 4.79 Å². The van der Waals surface area contributed by atoms with Gasteiger partial charge in [-0.05, 0) is 32.1 Å². The average Bonchev–Trinajstić information content (AvgIpc) is 3.02. The number of hydrogen-bond donors (Lipinski definition) is 2. The summed E-state index contributed by atoms with van der Waals surface area (Å²) in [6, 6.07) is 0.348. The van der Waals surface area contributed by atoms with Gasteiger partial charge in [0.1, 0.15) is 5.01 Å². The molecule has 1 saturated carbocycles. The summed E-state index contributed by atoms with van der Waals surface area (Å²) in [6.45, 7) is 6.83. The monoisotopic (exact) mass is 309 g/mol. The highest BCUT2D eigenvalue weighted by Gasteiger charge is 2.28. The molecule has 1 heterocycles. The van der Waals surface area contributed by atoms with Crippen LogP contribution < -0.4 is 10.6 Å². The summed E-state index contributed by atoms with van der Waals surface area (Å²) in [7, 11) is 0. The van der Waals surface area contributed by atoms with Gasteiger partial charge in [-0.2, -0.15) is 0 Å². The Morgan fingerprint density at radius 3 is 2.86 bits per heavy atom. The van der Waals surface area contributed by atoms with E-state index in [1.807, 2.05) is 11.6 Å². The summed E-state index contributed by atoms with van der Waals surface area (Å²) in [4.78, 5) is 16.6. The molecule has 1 aliphatic carbocycles. The van der Waals surface area contributed by atoms with Gasteiger partial charge in [0, 0.05) is 17.6 Å². The van der Waals surface area contributed by atoms with Crippen LogP contribution in [0.3, 0.4) is 0 Å². The normalized spacial score (nSPS) is 25.3. The lowest BCUT2D eigenvalue weighted by Crippen LogP contribution is -2.48. The summed E-state index contributed by atoms with van der Waals surface area (Å²) >= 11 is 1.64. The second-order valence-corrected chi connectivity index (χ2v) is 7.21.